The zero-order chi connectivity index (χ0) is 17.5. The normalized spacial score (nSPS) is 11.7. The van der Waals surface area contributed by atoms with Gasteiger partial charge in [0.2, 0.25) is 0 Å². The van der Waals surface area contributed by atoms with Crippen molar-refractivity contribution in [1.29, 1.82) is 0 Å². The molecule has 2 aromatic rings. The summed E-state index contributed by atoms with van der Waals surface area (Å²) in [7, 11) is 0. The molecule has 1 unspecified atom stereocenters. The second kappa shape index (κ2) is 8.34. The van der Waals surface area contributed by atoms with E-state index in [1.807, 2.05) is 39.0 Å². The number of carbonyl (C=O) groups excluding carboxylic acids is 1. The second-order valence-electron chi connectivity index (χ2n) is 5.65. The topological polar surface area (TPSA) is 50.4 Å². The number of amides is 2. The number of rotatable bonds is 6. The number of hydrogen-bond donors (Lipinski definition) is 2. The average Bonchev–Trinajstić information content (AvgIpc) is 2.56. The summed E-state index contributed by atoms with van der Waals surface area (Å²) in [4.78, 5) is 12.1. The monoisotopic (exact) mass is 330 g/mol. The molecule has 0 heterocycles. The number of carbonyl (C=O) groups is 1. The zero-order valence-electron chi connectivity index (χ0n) is 14.2. The molecule has 0 aliphatic heterocycles. The molecular formula is C19H23FN2O2. The summed E-state index contributed by atoms with van der Waals surface area (Å²) in [6, 6.07) is 11.5. The third-order valence-corrected chi connectivity index (χ3v) is 3.65. The fraction of sp³-hybridized carbons (Fsp3) is 0.316. The van der Waals surface area contributed by atoms with Crippen LogP contribution in [0.25, 0.3) is 0 Å². The van der Waals surface area contributed by atoms with E-state index in [2.05, 4.69) is 10.6 Å². The molecule has 24 heavy (non-hydrogen) atoms. The third-order valence-electron chi connectivity index (χ3n) is 3.65. The van der Waals surface area contributed by atoms with Crippen molar-refractivity contribution in [2.24, 2.45) is 0 Å². The highest BCUT2D eigenvalue weighted by Crippen LogP contribution is 2.26. The largest absolute Gasteiger partial charge is 0.494 e. The molecule has 0 saturated carbocycles. The van der Waals surface area contributed by atoms with Gasteiger partial charge in [-0.15, -0.1) is 0 Å². The molecule has 0 saturated heterocycles. The molecule has 0 radical (unpaired) electrons. The van der Waals surface area contributed by atoms with Gasteiger partial charge in [-0.25, -0.2) is 9.18 Å². The number of aryl methyl sites for hydroxylation is 1. The SMILES string of the molecule is CCOc1ccc(C)cc1C(C)NC(=O)NCc1ccc(F)cc1. The standard InChI is InChI=1S/C19H23FN2O2/c1-4-24-18-10-5-13(2)11-17(18)14(3)22-19(23)21-12-15-6-8-16(20)9-7-15/h5-11,14H,4,12H2,1-3H3,(H2,21,22,23). The maximum Gasteiger partial charge on any atom is 0.315 e. The van der Waals surface area contributed by atoms with Gasteiger partial charge in [-0.1, -0.05) is 29.8 Å². The number of nitrogens with one attached hydrogen (secondary N) is 2. The molecule has 2 amide bonds. The van der Waals surface area contributed by atoms with E-state index < -0.39 is 0 Å². The summed E-state index contributed by atoms with van der Waals surface area (Å²) in [5, 5.41) is 5.67. The van der Waals surface area contributed by atoms with Gasteiger partial charge in [-0.05, 0) is 44.5 Å². The summed E-state index contributed by atoms with van der Waals surface area (Å²) in [5.41, 5.74) is 2.88. The van der Waals surface area contributed by atoms with Crippen LogP contribution in [-0.4, -0.2) is 12.6 Å². The van der Waals surface area contributed by atoms with Crippen LogP contribution in [0.4, 0.5) is 9.18 Å². The molecule has 0 bridgehead atoms. The van der Waals surface area contributed by atoms with E-state index in [9.17, 15) is 9.18 Å². The van der Waals surface area contributed by atoms with E-state index in [1.165, 1.54) is 12.1 Å². The van der Waals surface area contributed by atoms with E-state index in [1.54, 1.807) is 12.1 Å². The first-order chi connectivity index (χ1) is 11.5. The summed E-state index contributed by atoms with van der Waals surface area (Å²) >= 11 is 0. The highest BCUT2D eigenvalue weighted by atomic mass is 19.1. The smallest absolute Gasteiger partial charge is 0.315 e. The Bertz CT molecular complexity index is 686. The van der Waals surface area contributed by atoms with Gasteiger partial charge in [0, 0.05) is 12.1 Å². The maximum absolute atomic E-state index is 12.9. The number of benzene rings is 2. The molecule has 0 spiro atoms. The first kappa shape index (κ1) is 17.8. The Morgan fingerprint density at radius 1 is 1.21 bits per heavy atom. The van der Waals surface area contributed by atoms with E-state index in [4.69, 9.17) is 4.74 Å². The van der Waals surface area contributed by atoms with Crippen molar-refractivity contribution < 1.29 is 13.9 Å². The van der Waals surface area contributed by atoms with Crippen LogP contribution >= 0.6 is 0 Å². The molecule has 2 rings (SSSR count). The Kier molecular flexibility index (Phi) is 6.18. The molecule has 2 aromatic carbocycles. The Labute approximate surface area is 142 Å². The van der Waals surface area contributed by atoms with Crippen LogP contribution < -0.4 is 15.4 Å². The fourth-order valence-electron chi connectivity index (χ4n) is 2.40. The minimum atomic E-state index is -0.292. The molecule has 5 heteroatoms. The van der Waals surface area contributed by atoms with Crippen LogP contribution in [-0.2, 0) is 6.54 Å². The first-order valence-electron chi connectivity index (χ1n) is 8.01. The number of hydrogen-bond acceptors (Lipinski definition) is 2. The lowest BCUT2D eigenvalue weighted by Gasteiger charge is -2.19. The number of ether oxygens (including phenoxy) is 1. The van der Waals surface area contributed by atoms with Crippen LogP contribution in [0.15, 0.2) is 42.5 Å². The van der Waals surface area contributed by atoms with Gasteiger partial charge >= 0.3 is 6.03 Å². The minimum absolute atomic E-state index is 0.195. The van der Waals surface area contributed by atoms with Crippen molar-refractivity contribution in [2.75, 3.05) is 6.61 Å². The number of halogens is 1. The molecule has 0 fully saturated rings. The summed E-state index contributed by atoms with van der Waals surface area (Å²) < 4.78 is 18.5. The van der Waals surface area contributed by atoms with Gasteiger partial charge in [0.25, 0.3) is 0 Å². The van der Waals surface area contributed by atoms with Gasteiger partial charge in [0.05, 0.1) is 12.6 Å². The summed E-state index contributed by atoms with van der Waals surface area (Å²) in [6.45, 7) is 6.75. The molecule has 2 N–H and O–H groups in total. The van der Waals surface area contributed by atoms with Crippen LogP contribution in [0.3, 0.4) is 0 Å². The molecule has 128 valence electrons. The van der Waals surface area contributed by atoms with Crippen LogP contribution in [0.1, 0.15) is 36.6 Å². The lowest BCUT2D eigenvalue weighted by Crippen LogP contribution is -2.36. The summed E-state index contributed by atoms with van der Waals surface area (Å²) in [6.07, 6.45) is 0. The van der Waals surface area contributed by atoms with Crippen molar-refractivity contribution in [2.45, 2.75) is 33.4 Å². The van der Waals surface area contributed by atoms with E-state index >= 15 is 0 Å². The predicted molar refractivity (Wildman–Crippen MR) is 92.5 cm³/mol. The van der Waals surface area contributed by atoms with Crippen molar-refractivity contribution in [3.63, 3.8) is 0 Å². The Morgan fingerprint density at radius 2 is 1.92 bits per heavy atom. The van der Waals surface area contributed by atoms with Gasteiger partial charge < -0.3 is 15.4 Å². The van der Waals surface area contributed by atoms with E-state index in [0.717, 1.165) is 22.4 Å². The quantitative estimate of drug-likeness (QED) is 0.838. The first-order valence-corrected chi connectivity index (χ1v) is 8.01. The Balaban J connectivity index is 1.96. The molecule has 4 nitrogen and oxygen atoms in total. The van der Waals surface area contributed by atoms with Gasteiger partial charge in [0.15, 0.2) is 0 Å². The van der Waals surface area contributed by atoms with Crippen LogP contribution in [0.2, 0.25) is 0 Å². The van der Waals surface area contributed by atoms with Crippen molar-refractivity contribution in [1.82, 2.24) is 10.6 Å². The molecule has 0 aliphatic carbocycles. The van der Waals surface area contributed by atoms with Crippen LogP contribution in [0.5, 0.6) is 5.75 Å². The minimum Gasteiger partial charge on any atom is -0.494 e. The van der Waals surface area contributed by atoms with Crippen molar-refractivity contribution in [3.8, 4) is 5.75 Å². The molecular weight excluding hydrogens is 307 g/mol. The predicted octanol–water partition coefficient (Wildman–Crippen LogP) is 4.09. The average molecular weight is 330 g/mol. The van der Waals surface area contributed by atoms with Gasteiger partial charge in [-0.2, -0.15) is 0 Å². The number of urea groups is 1. The highest BCUT2D eigenvalue weighted by Gasteiger charge is 2.14. The molecule has 1 atom stereocenters. The highest BCUT2D eigenvalue weighted by molar-refractivity contribution is 5.74. The fourth-order valence-corrected chi connectivity index (χ4v) is 2.40. The van der Waals surface area contributed by atoms with Crippen LogP contribution in [0, 0.1) is 12.7 Å². The second-order valence-corrected chi connectivity index (χ2v) is 5.65. The van der Waals surface area contributed by atoms with Gasteiger partial charge in [-0.3, -0.25) is 0 Å². The van der Waals surface area contributed by atoms with E-state index in [0.29, 0.717) is 13.2 Å². The Hall–Kier alpha value is -2.56. The zero-order valence-corrected chi connectivity index (χ0v) is 14.2. The Morgan fingerprint density at radius 3 is 2.58 bits per heavy atom. The maximum atomic E-state index is 12.9. The van der Waals surface area contributed by atoms with Gasteiger partial charge in [0.1, 0.15) is 11.6 Å². The molecule has 0 aliphatic rings. The van der Waals surface area contributed by atoms with Crippen molar-refractivity contribution >= 4 is 6.03 Å². The lowest BCUT2D eigenvalue weighted by atomic mass is 10.0. The molecule has 0 aromatic heterocycles. The summed E-state index contributed by atoms with van der Waals surface area (Å²) in [5.74, 6) is 0.481. The van der Waals surface area contributed by atoms with Crippen molar-refractivity contribution in [3.05, 3.63) is 65.0 Å². The third kappa shape index (κ3) is 4.98. The van der Waals surface area contributed by atoms with E-state index in [-0.39, 0.29) is 17.9 Å². The lowest BCUT2D eigenvalue weighted by molar-refractivity contribution is 0.237.